The Labute approximate surface area is 113 Å². The lowest BCUT2D eigenvalue weighted by atomic mass is 9.96. The van der Waals surface area contributed by atoms with Crippen LogP contribution in [0.15, 0.2) is 18.2 Å². The maximum Gasteiger partial charge on any atom is 0.303 e. The molecule has 2 rings (SSSR count). The predicted molar refractivity (Wildman–Crippen MR) is 71.9 cm³/mol. The molecule has 4 heteroatoms. The second-order valence-corrected chi connectivity index (χ2v) is 5.27. The van der Waals surface area contributed by atoms with E-state index in [4.69, 9.17) is 14.6 Å². The molecule has 1 aliphatic rings. The zero-order chi connectivity index (χ0) is 13.8. The first-order valence-corrected chi connectivity index (χ1v) is 6.67. The Bertz CT molecular complexity index is 455. The lowest BCUT2D eigenvalue weighted by Crippen LogP contribution is -2.12. The van der Waals surface area contributed by atoms with Gasteiger partial charge in [0, 0.05) is 12.3 Å². The smallest absolute Gasteiger partial charge is 0.303 e. The molecule has 0 saturated carbocycles. The second-order valence-electron chi connectivity index (χ2n) is 5.27. The summed E-state index contributed by atoms with van der Waals surface area (Å²) in [5.74, 6) is 1.36. The lowest BCUT2D eigenvalue weighted by Gasteiger charge is -2.14. The summed E-state index contributed by atoms with van der Waals surface area (Å²) in [6.45, 7) is 5.44. The number of hydrogen-bond donors (Lipinski definition) is 1. The van der Waals surface area contributed by atoms with Gasteiger partial charge in [0.2, 0.25) is 0 Å². The molecule has 0 aromatic heterocycles. The highest BCUT2D eigenvalue weighted by Crippen LogP contribution is 2.34. The molecule has 0 amide bonds. The van der Waals surface area contributed by atoms with Gasteiger partial charge in [-0.3, -0.25) is 4.79 Å². The van der Waals surface area contributed by atoms with Gasteiger partial charge < -0.3 is 14.6 Å². The van der Waals surface area contributed by atoms with Crippen molar-refractivity contribution in [1.29, 1.82) is 0 Å². The van der Waals surface area contributed by atoms with E-state index in [1.807, 2.05) is 25.1 Å². The molecule has 1 aliphatic heterocycles. The summed E-state index contributed by atoms with van der Waals surface area (Å²) in [7, 11) is 0. The summed E-state index contributed by atoms with van der Waals surface area (Å²) in [4.78, 5) is 10.6. The van der Waals surface area contributed by atoms with Crippen LogP contribution in [0.2, 0.25) is 0 Å². The average molecular weight is 264 g/mol. The summed E-state index contributed by atoms with van der Waals surface area (Å²) < 4.78 is 11.4. The van der Waals surface area contributed by atoms with E-state index in [1.165, 1.54) is 0 Å². The first kappa shape index (κ1) is 13.7. The number of aliphatic carboxylic acids is 1. The first-order chi connectivity index (χ1) is 9.06. The molecule has 1 N–H and O–H groups in total. The van der Waals surface area contributed by atoms with Crippen molar-refractivity contribution in [3.8, 4) is 11.5 Å². The van der Waals surface area contributed by atoms with Crippen LogP contribution >= 0.6 is 0 Å². The largest absolute Gasteiger partial charge is 0.489 e. The number of carbonyl (C=O) groups is 1. The van der Waals surface area contributed by atoms with Crippen LogP contribution < -0.4 is 9.47 Å². The molecule has 0 fully saturated rings. The van der Waals surface area contributed by atoms with E-state index in [-0.39, 0.29) is 12.3 Å². The Balaban J connectivity index is 2.10. The van der Waals surface area contributed by atoms with Gasteiger partial charge in [-0.15, -0.1) is 0 Å². The van der Waals surface area contributed by atoms with Gasteiger partial charge in [0.05, 0.1) is 13.2 Å². The standard InChI is InChI=1S/C15H20O4/c1-10-8-18-13-5-4-12(7-14(13)19-9-10)11(2)3-6-15(16)17/h4-5,7,10-11H,3,6,8-9H2,1-2H3,(H,16,17). The van der Waals surface area contributed by atoms with Gasteiger partial charge in [0.1, 0.15) is 0 Å². The number of ether oxygens (including phenoxy) is 2. The predicted octanol–water partition coefficient (Wildman–Crippen LogP) is 3.06. The first-order valence-electron chi connectivity index (χ1n) is 6.67. The maximum atomic E-state index is 10.6. The SMILES string of the molecule is CC1COc2ccc(C(C)CCC(=O)O)cc2OC1. The fourth-order valence-corrected chi connectivity index (χ4v) is 2.08. The minimum atomic E-state index is -0.755. The zero-order valence-electron chi connectivity index (χ0n) is 11.4. The van der Waals surface area contributed by atoms with Crippen molar-refractivity contribution < 1.29 is 19.4 Å². The third kappa shape index (κ3) is 3.63. The van der Waals surface area contributed by atoms with Crippen LogP contribution in [-0.4, -0.2) is 24.3 Å². The molecule has 0 spiro atoms. The van der Waals surface area contributed by atoms with E-state index in [2.05, 4.69) is 6.92 Å². The average Bonchev–Trinajstić information content (AvgIpc) is 2.58. The van der Waals surface area contributed by atoms with Crippen molar-refractivity contribution in [2.75, 3.05) is 13.2 Å². The molecule has 0 bridgehead atoms. The Morgan fingerprint density at radius 1 is 1.37 bits per heavy atom. The van der Waals surface area contributed by atoms with Crippen LogP contribution in [0.3, 0.4) is 0 Å². The van der Waals surface area contributed by atoms with Crippen LogP contribution in [0.25, 0.3) is 0 Å². The van der Waals surface area contributed by atoms with Crippen LogP contribution in [0.1, 0.15) is 38.2 Å². The molecule has 104 valence electrons. The summed E-state index contributed by atoms with van der Waals surface area (Å²) in [5, 5.41) is 8.72. The van der Waals surface area contributed by atoms with Crippen LogP contribution in [-0.2, 0) is 4.79 Å². The molecular weight excluding hydrogens is 244 g/mol. The van der Waals surface area contributed by atoms with Crippen molar-refractivity contribution in [1.82, 2.24) is 0 Å². The number of benzene rings is 1. The highest BCUT2D eigenvalue weighted by atomic mass is 16.5. The van der Waals surface area contributed by atoms with Gasteiger partial charge in [0.25, 0.3) is 0 Å². The summed E-state index contributed by atoms with van der Waals surface area (Å²) in [6.07, 6.45) is 0.817. The monoisotopic (exact) mass is 264 g/mol. The Hall–Kier alpha value is -1.71. The minimum absolute atomic E-state index is 0.187. The number of carboxylic acids is 1. The van der Waals surface area contributed by atoms with E-state index in [0.29, 0.717) is 25.6 Å². The van der Waals surface area contributed by atoms with E-state index >= 15 is 0 Å². The minimum Gasteiger partial charge on any atom is -0.489 e. The van der Waals surface area contributed by atoms with Gasteiger partial charge in [0.15, 0.2) is 11.5 Å². The number of hydrogen-bond acceptors (Lipinski definition) is 3. The van der Waals surface area contributed by atoms with Gasteiger partial charge in [-0.05, 0) is 30.0 Å². The number of carboxylic acid groups (broad SMARTS) is 1. The van der Waals surface area contributed by atoms with Crippen LogP contribution in [0, 0.1) is 5.92 Å². The molecule has 1 heterocycles. The molecule has 0 saturated heterocycles. The van der Waals surface area contributed by atoms with Crippen LogP contribution in [0.5, 0.6) is 11.5 Å². The van der Waals surface area contributed by atoms with Gasteiger partial charge in [-0.25, -0.2) is 0 Å². The highest BCUT2D eigenvalue weighted by Gasteiger charge is 2.17. The molecule has 2 unspecified atom stereocenters. The van der Waals surface area contributed by atoms with Gasteiger partial charge in [-0.2, -0.15) is 0 Å². The Kier molecular flexibility index (Phi) is 4.30. The molecule has 4 nitrogen and oxygen atoms in total. The molecule has 1 aromatic rings. The Morgan fingerprint density at radius 2 is 2.05 bits per heavy atom. The zero-order valence-corrected chi connectivity index (χ0v) is 11.4. The topological polar surface area (TPSA) is 55.8 Å². The normalized spacial score (nSPS) is 19.6. The number of fused-ring (bicyclic) bond motifs is 1. The van der Waals surface area contributed by atoms with E-state index < -0.39 is 5.97 Å². The molecule has 1 aromatic carbocycles. The fourth-order valence-electron chi connectivity index (χ4n) is 2.08. The summed E-state index contributed by atoms with van der Waals surface area (Å²) >= 11 is 0. The van der Waals surface area contributed by atoms with Gasteiger partial charge >= 0.3 is 5.97 Å². The quantitative estimate of drug-likeness (QED) is 0.908. The van der Waals surface area contributed by atoms with Gasteiger partial charge in [-0.1, -0.05) is 19.9 Å². The highest BCUT2D eigenvalue weighted by molar-refractivity contribution is 5.66. The van der Waals surface area contributed by atoms with E-state index in [1.54, 1.807) is 0 Å². The summed E-state index contributed by atoms with van der Waals surface area (Å²) in [6, 6.07) is 5.88. The third-order valence-corrected chi connectivity index (χ3v) is 3.37. The van der Waals surface area contributed by atoms with Crippen molar-refractivity contribution in [2.24, 2.45) is 5.92 Å². The summed E-state index contributed by atoms with van der Waals surface area (Å²) in [5.41, 5.74) is 1.10. The molecule has 0 aliphatic carbocycles. The van der Waals surface area contributed by atoms with Crippen LogP contribution in [0.4, 0.5) is 0 Å². The molecule has 19 heavy (non-hydrogen) atoms. The Morgan fingerprint density at radius 3 is 2.74 bits per heavy atom. The molecule has 2 atom stereocenters. The van der Waals surface area contributed by atoms with Crippen molar-refractivity contribution in [3.05, 3.63) is 23.8 Å². The maximum absolute atomic E-state index is 10.6. The van der Waals surface area contributed by atoms with E-state index in [0.717, 1.165) is 17.1 Å². The molecular formula is C15H20O4. The lowest BCUT2D eigenvalue weighted by molar-refractivity contribution is -0.137. The van der Waals surface area contributed by atoms with E-state index in [9.17, 15) is 4.79 Å². The molecule has 0 radical (unpaired) electrons. The van der Waals surface area contributed by atoms with Crippen molar-refractivity contribution in [2.45, 2.75) is 32.6 Å². The third-order valence-electron chi connectivity index (χ3n) is 3.37. The van der Waals surface area contributed by atoms with Crippen molar-refractivity contribution >= 4 is 5.97 Å². The fraction of sp³-hybridized carbons (Fsp3) is 0.533. The second kappa shape index (κ2) is 5.95. The van der Waals surface area contributed by atoms with Crippen molar-refractivity contribution in [3.63, 3.8) is 0 Å². The number of rotatable bonds is 4.